The highest BCUT2D eigenvalue weighted by atomic mass is 16.5. The third kappa shape index (κ3) is 6.16. The van der Waals surface area contributed by atoms with Gasteiger partial charge in [-0.15, -0.1) is 0 Å². The highest BCUT2D eigenvalue weighted by molar-refractivity contribution is 4.65. The maximum atomic E-state index is 5.70. The van der Waals surface area contributed by atoms with Gasteiger partial charge in [-0.05, 0) is 52.0 Å². The second-order valence-electron chi connectivity index (χ2n) is 4.77. The van der Waals surface area contributed by atoms with Crippen LogP contribution in [0.2, 0.25) is 0 Å². The van der Waals surface area contributed by atoms with Crippen LogP contribution in [-0.4, -0.2) is 25.3 Å². The zero-order valence-electron chi connectivity index (χ0n) is 10.4. The van der Waals surface area contributed by atoms with Crippen LogP contribution in [0.25, 0.3) is 0 Å². The lowest BCUT2D eigenvalue weighted by molar-refractivity contribution is 0.0101. The molecule has 0 bridgehead atoms. The van der Waals surface area contributed by atoms with E-state index >= 15 is 0 Å². The van der Waals surface area contributed by atoms with Crippen molar-refractivity contribution >= 4 is 0 Å². The van der Waals surface area contributed by atoms with Gasteiger partial charge in [-0.25, -0.2) is 0 Å². The second-order valence-corrected chi connectivity index (χ2v) is 4.77. The Morgan fingerprint density at radius 2 is 2.27 bits per heavy atom. The summed E-state index contributed by atoms with van der Waals surface area (Å²) in [7, 11) is 0. The van der Waals surface area contributed by atoms with Crippen molar-refractivity contribution in [2.24, 2.45) is 0 Å². The van der Waals surface area contributed by atoms with E-state index < -0.39 is 0 Å². The number of ether oxygens (including phenoxy) is 1. The number of rotatable bonds is 7. The van der Waals surface area contributed by atoms with E-state index in [4.69, 9.17) is 4.74 Å². The Labute approximate surface area is 94.8 Å². The van der Waals surface area contributed by atoms with Crippen LogP contribution in [0.5, 0.6) is 0 Å². The van der Waals surface area contributed by atoms with Gasteiger partial charge in [-0.3, -0.25) is 0 Å². The molecule has 1 saturated heterocycles. The van der Waals surface area contributed by atoms with Crippen LogP contribution >= 0.6 is 0 Å². The zero-order chi connectivity index (χ0) is 10.9. The van der Waals surface area contributed by atoms with Gasteiger partial charge in [-0.1, -0.05) is 13.3 Å². The molecule has 0 radical (unpaired) electrons. The van der Waals surface area contributed by atoms with Gasteiger partial charge in [0.2, 0.25) is 0 Å². The van der Waals surface area contributed by atoms with Gasteiger partial charge in [0.1, 0.15) is 0 Å². The van der Waals surface area contributed by atoms with Crippen molar-refractivity contribution in [3.63, 3.8) is 0 Å². The van der Waals surface area contributed by atoms with E-state index in [0.29, 0.717) is 12.1 Å². The monoisotopic (exact) mass is 213 g/mol. The summed E-state index contributed by atoms with van der Waals surface area (Å²) in [6.45, 7) is 6.67. The first-order chi connectivity index (χ1) is 7.33. The van der Waals surface area contributed by atoms with Crippen molar-refractivity contribution in [3.05, 3.63) is 0 Å². The minimum Gasteiger partial charge on any atom is -0.378 e. The Kier molecular flexibility index (Phi) is 7.03. The molecule has 0 aromatic heterocycles. The fraction of sp³-hybridized carbons (Fsp3) is 1.00. The van der Waals surface area contributed by atoms with Gasteiger partial charge in [0.15, 0.2) is 0 Å². The van der Waals surface area contributed by atoms with Crippen LogP contribution in [0.1, 0.15) is 58.8 Å². The van der Waals surface area contributed by atoms with Crippen LogP contribution in [0.3, 0.4) is 0 Å². The summed E-state index contributed by atoms with van der Waals surface area (Å²) in [5.41, 5.74) is 0. The molecule has 0 saturated carbocycles. The van der Waals surface area contributed by atoms with Crippen LogP contribution in [0.4, 0.5) is 0 Å². The van der Waals surface area contributed by atoms with E-state index in [1.807, 2.05) is 0 Å². The van der Waals surface area contributed by atoms with Gasteiger partial charge in [0.25, 0.3) is 0 Å². The molecule has 1 N–H and O–H groups in total. The minimum atomic E-state index is 0.557. The minimum absolute atomic E-state index is 0.557. The fourth-order valence-electron chi connectivity index (χ4n) is 2.25. The maximum absolute atomic E-state index is 5.70. The largest absolute Gasteiger partial charge is 0.378 e. The smallest absolute Gasteiger partial charge is 0.0575 e. The SMILES string of the molecule is CCCC(C)NCCCC1CCCCO1. The Morgan fingerprint density at radius 1 is 1.40 bits per heavy atom. The summed E-state index contributed by atoms with van der Waals surface area (Å²) in [5.74, 6) is 0. The van der Waals surface area contributed by atoms with Gasteiger partial charge < -0.3 is 10.1 Å². The van der Waals surface area contributed by atoms with Gasteiger partial charge >= 0.3 is 0 Å². The molecule has 15 heavy (non-hydrogen) atoms. The van der Waals surface area contributed by atoms with E-state index in [2.05, 4.69) is 19.2 Å². The molecule has 0 aromatic rings. The molecule has 2 nitrogen and oxygen atoms in total. The predicted molar refractivity (Wildman–Crippen MR) is 65.2 cm³/mol. The highest BCUT2D eigenvalue weighted by Gasteiger charge is 2.12. The Morgan fingerprint density at radius 3 is 2.93 bits per heavy atom. The third-order valence-electron chi connectivity index (χ3n) is 3.19. The Balaban J connectivity index is 1.91. The zero-order valence-corrected chi connectivity index (χ0v) is 10.4. The molecule has 0 amide bonds. The summed E-state index contributed by atoms with van der Waals surface area (Å²) in [6, 6.07) is 0.683. The van der Waals surface area contributed by atoms with Crippen molar-refractivity contribution in [2.75, 3.05) is 13.2 Å². The van der Waals surface area contributed by atoms with E-state index in [0.717, 1.165) is 13.2 Å². The van der Waals surface area contributed by atoms with Crippen molar-refractivity contribution in [2.45, 2.75) is 70.9 Å². The molecule has 1 fully saturated rings. The van der Waals surface area contributed by atoms with Crippen LogP contribution in [0, 0.1) is 0 Å². The third-order valence-corrected chi connectivity index (χ3v) is 3.19. The summed E-state index contributed by atoms with van der Waals surface area (Å²) >= 11 is 0. The molecular formula is C13H27NO. The van der Waals surface area contributed by atoms with Crippen LogP contribution in [-0.2, 0) is 4.74 Å². The number of hydrogen-bond donors (Lipinski definition) is 1. The molecule has 90 valence electrons. The van der Waals surface area contributed by atoms with Crippen molar-refractivity contribution < 1.29 is 4.74 Å². The predicted octanol–water partition coefficient (Wildman–Crippen LogP) is 3.11. The maximum Gasteiger partial charge on any atom is 0.0575 e. The molecular weight excluding hydrogens is 186 g/mol. The lowest BCUT2D eigenvalue weighted by Crippen LogP contribution is -2.28. The molecule has 1 rings (SSSR count). The molecule has 1 aliphatic heterocycles. The fourth-order valence-corrected chi connectivity index (χ4v) is 2.25. The van der Waals surface area contributed by atoms with Gasteiger partial charge in [0.05, 0.1) is 6.10 Å². The van der Waals surface area contributed by atoms with E-state index in [1.165, 1.54) is 44.9 Å². The quantitative estimate of drug-likeness (QED) is 0.656. The lowest BCUT2D eigenvalue weighted by atomic mass is 10.0. The first kappa shape index (κ1) is 13.0. The van der Waals surface area contributed by atoms with E-state index in [1.54, 1.807) is 0 Å². The average molecular weight is 213 g/mol. The molecule has 1 heterocycles. The van der Waals surface area contributed by atoms with Crippen LogP contribution < -0.4 is 5.32 Å². The van der Waals surface area contributed by atoms with Crippen LogP contribution in [0.15, 0.2) is 0 Å². The average Bonchev–Trinajstić information content (AvgIpc) is 2.26. The summed E-state index contributed by atoms with van der Waals surface area (Å²) in [6.07, 6.45) is 9.55. The van der Waals surface area contributed by atoms with Gasteiger partial charge in [-0.2, -0.15) is 0 Å². The topological polar surface area (TPSA) is 21.3 Å². The normalized spacial score (nSPS) is 24.0. The molecule has 2 atom stereocenters. The van der Waals surface area contributed by atoms with E-state index in [9.17, 15) is 0 Å². The van der Waals surface area contributed by atoms with Crippen molar-refractivity contribution in [1.82, 2.24) is 5.32 Å². The summed E-state index contributed by atoms with van der Waals surface area (Å²) < 4.78 is 5.70. The second kappa shape index (κ2) is 8.12. The van der Waals surface area contributed by atoms with Gasteiger partial charge in [0, 0.05) is 12.6 Å². The first-order valence-electron chi connectivity index (χ1n) is 6.68. The number of nitrogens with one attached hydrogen (secondary N) is 1. The first-order valence-corrected chi connectivity index (χ1v) is 6.68. The molecule has 0 aromatic carbocycles. The number of hydrogen-bond acceptors (Lipinski definition) is 2. The summed E-state index contributed by atoms with van der Waals surface area (Å²) in [4.78, 5) is 0. The molecule has 2 heteroatoms. The molecule has 0 spiro atoms. The highest BCUT2D eigenvalue weighted by Crippen LogP contribution is 2.16. The summed E-state index contributed by atoms with van der Waals surface area (Å²) in [5, 5.41) is 3.57. The standard InChI is InChI=1S/C13H27NO/c1-3-7-12(2)14-10-6-9-13-8-4-5-11-15-13/h12-14H,3-11H2,1-2H3. The van der Waals surface area contributed by atoms with Crippen molar-refractivity contribution in [1.29, 1.82) is 0 Å². The Hall–Kier alpha value is -0.0800. The molecule has 0 aliphatic carbocycles. The Bertz CT molecular complexity index is 143. The van der Waals surface area contributed by atoms with Crippen molar-refractivity contribution in [3.8, 4) is 0 Å². The lowest BCUT2D eigenvalue weighted by Gasteiger charge is -2.22. The molecule has 1 aliphatic rings. The molecule has 2 unspecified atom stereocenters. The van der Waals surface area contributed by atoms with E-state index in [-0.39, 0.29) is 0 Å².